The first-order valence-corrected chi connectivity index (χ1v) is 6.29. The van der Waals surface area contributed by atoms with Crippen molar-refractivity contribution in [2.75, 3.05) is 13.7 Å². The lowest BCUT2D eigenvalue weighted by molar-refractivity contribution is 0.0920. The van der Waals surface area contributed by atoms with Crippen molar-refractivity contribution < 1.29 is 23.0 Å². The Morgan fingerprint density at radius 1 is 1.10 bits per heavy atom. The summed E-state index contributed by atoms with van der Waals surface area (Å²) < 4.78 is 36.2. The van der Waals surface area contributed by atoms with Crippen molar-refractivity contribution in [2.45, 2.75) is 6.61 Å². The molecule has 5 heteroatoms. The molecule has 0 spiro atoms. The number of ether oxygens (including phenoxy) is 2. The van der Waals surface area contributed by atoms with Crippen LogP contribution in [0.25, 0.3) is 0 Å². The van der Waals surface area contributed by atoms with E-state index in [1.54, 1.807) is 25.3 Å². The molecule has 21 heavy (non-hydrogen) atoms. The fourth-order valence-corrected chi connectivity index (χ4v) is 1.79. The molecule has 2 rings (SSSR count). The maximum absolute atomic E-state index is 13.1. The number of methoxy groups -OCH3 is 1. The summed E-state index contributed by atoms with van der Waals surface area (Å²) in [5.41, 5.74) is 0.984. The third-order valence-corrected chi connectivity index (χ3v) is 2.82. The Kier molecular flexibility index (Phi) is 5.00. The Labute approximate surface area is 121 Å². The van der Waals surface area contributed by atoms with Crippen LogP contribution in [0.4, 0.5) is 8.78 Å². The quantitative estimate of drug-likeness (QED) is 0.766. The molecule has 3 nitrogen and oxygen atoms in total. The second-order valence-electron chi connectivity index (χ2n) is 4.42. The number of Topliss-reactive ketones (excluding diaryl/α,β-unsaturated/α-hetero) is 1. The molecular formula is C16H14F2O3. The zero-order valence-corrected chi connectivity index (χ0v) is 11.4. The summed E-state index contributed by atoms with van der Waals surface area (Å²) >= 11 is 0. The second-order valence-corrected chi connectivity index (χ2v) is 4.42. The molecule has 2 aromatic carbocycles. The van der Waals surface area contributed by atoms with Gasteiger partial charge in [0.2, 0.25) is 0 Å². The van der Waals surface area contributed by atoms with Crippen molar-refractivity contribution in [1.82, 2.24) is 0 Å². The van der Waals surface area contributed by atoms with E-state index < -0.39 is 17.4 Å². The van der Waals surface area contributed by atoms with Gasteiger partial charge in [-0.15, -0.1) is 0 Å². The molecule has 0 aromatic heterocycles. The molecule has 0 aliphatic heterocycles. The van der Waals surface area contributed by atoms with Crippen molar-refractivity contribution in [3.05, 3.63) is 65.2 Å². The molecule has 0 N–H and O–H groups in total. The first-order valence-electron chi connectivity index (χ1n) is 6.29. The molecular weight excluding hydrogens is 278 g/mol. The highest BCUT2D eigenvalue weighted by molar-refractivity contribution is 5.97. The summed E-state index contributed by atoms with van der Waals surface area (Å²) in [4.78, 5) is 11.9. The molecule has 110 valence electrons. The lowest BCUT2D eigenvalue weighted by Crippen LogP contribution is -2.12. The average molecular weight is 292 g/mol. The minimum atomic E-state index is -1.05. The largest absolute Gasteiger partial charge is 0.485 e. The Bertz CT molecular complexity index is 641. The maximum Gasteiger partial charge on any atom is 0.200 e. The first kappa shape index (κ1) is 15.1. The fourth-order valence-electron chi connectivity index (χ4n) is 1.79. The molecule has 0 amide bonds. The summed E-state index contributed by atoms with van der Waals surface area (Å²) in [5, 5.41) is 0. The van der Waals surface area contributed by atoms with Crippen LogP contribution in [0.5, 0.6) is 5.75 Å². The summed E-state index contributed by atoms with van der Waals surface area (Å²) in [7, 11) is 1.58. The maximum atomic E-state index is 13.1. The molecule has 0 fully saturated rings. The van der Waals surface area contributed by atoms with Crippen LogP contribution in [-0.2, 0) is 11.3 Å². The number of carbonyl (C=O) groups is 1. The number of halogens is 2. The van der Waals surface area contributed by atoms with Crippen LogP contribution in [0.3, 0.4) is 0 Å². The molecule has 0 unspecified atom stereocenters. The van der Waals surface area contributed by atoms with Gasteiger partial charge >= 0.3 is 0 Å². The van der Waals surface area contributed by atoms with Gasteiger partial charge in [-0.2, -0.15) is 0 Å². The predicted molar refractivity (Wildman–Crippen MR) is 73.3 cm³/mol. The van der Waals surface area contributed by atoms with Gasteiger partial charge in [0.1, 0.15) is 5.75 Å². The van der Waals surface area contributed by atoms with Crippen LogP contribution < -0.4 is 4.74 Å². The minimum Gasteiger partial charge on any atom is -0.485 e. The highest BCUT2D eigenvalue weighted by atomic mass is 19.2. The van der Waals surface area contributed by atoms with Gasteiger partial charge in [0.25, 0.3) is 0 Å². The molecule has 0 aliphatic rings. The van der Waals surface area contributed by atoms with Crippen molar-refractivity contribution in [1.29, 1.82) is 0 Å². The van der Waals surface area contributed by atoms with Crippen molar-refractivity contribution in [3.63, 3.8) is 0 Å². The second kappa shape index (κ2) is 6.95. The monoisotopic (exact) mass is 292 g/mol. The minimum absolute atomic E-state index is 0.0712. The Hall–Kier alpha value is -2.27. The molecule has 0 bridgehead atoms. The predicted octanol–water partition coefficient (Wildman–Crippen LogP) is 3.37. The van der Waals surface area contributed by atoms with E-state index in [4.69, 9.17) is 9.47 Å². The zero-order valence-electron chi connectivity index (χ0n) is 11.4. The SMILES string of the molecule is COCc1cccc(OCC(=O)c2ccc(F)c(F)c2)c1. The lowest BCUT2D eigenvalue weighted by Gasteiger charge is -2.07. The third kappa shape index (κ3) is 4.10. The standard InChI is InChI=1S/C16H14F2O3/c1-20-9-11-3-2-4-13(7-11)21-10-16(19)12-5-6-14(17)15(18)8-12/h2-8H,9-10H2,1H3. The van der Waals surface area contributed by atoms with E-state index in [1.807, 2.05) is 6.07 Å². The van der Waals surface area contributed by atoms with Gasteiger partial charge in [0.15, 0.2) is 24.0 Å². The van der Waals surface area contributed by atoms with E-state index in [0.717, 1.165) is 17.7 Å². The number of hydrogen-bond donors (Lipinski definition) is 0. The summed E-state index contributed by atoms with van der Waals surface area (Å²) in [5.74, 6) is -1.95. The van der Waals surface area contributed by atoms with E-state index in [-0.39, 0.29) is 12.2 Å². The molecule has 0 aliphatic carbocycles. The van der Waals surface area contributed by atoms with Crippen molar-refractivity contribution in [2.24, 2.45) is 0 Å². The summed E-state index contributed by atoms with van der Waals surface area (Å²) in [6.07, 6.45) is 0. The Balaban J connectivity index is 2.00. The van der Waals surface area contributed by atoms with Gasteiger partial charge in [0, 0.05) is 12.7 Å². The van der Waals surface area contributed by atoms with Crippen LogP contribution in [0.2, 0.25) is 0 Å². The number of hydrogen-bond acceptors (Lipinski definition) is 3. The van der Waals surface area contributed by atoms with Crippen LogP contribution in [0, 0.1) is 11.6 Å². The lowest BCUT2D eigenvalue weighted by atomic mass is 10.1. The van der Waals surface area contributed by atoms with Crippen molar-refractivity contribution in [3.8, 4) is 5.75 Å². The molecule has 0 saturated heterocycles. The molecule has 0 heterocycles. The van der Waals surface area contributed by atoms with Crippen LogP contribution in [0.15, 0.2) is 42.5 Å². The molecule has 0 radical (unpaired) electrons. The molecule has 0 atom stereocenters. The highest BCUT2D eigenvalue weighted by Gasteiger charge is 2.10. The smallest absolute Gasteiger partial charge is 0.200 e. The van der Waals surface area contributed by atoms with Gasteiger partial charge in [0.05, 0.1) is 6.61 Å². The van der Waals surface area contributed by atoms with E-state index >= 15 is 0 Å². The fraction of sp³-hybridized carbons (Fsp3) is 0.188. The number of benzene rings is 2. The van der Waals surface area contributed by atoms with E-state index in [0.29, 0.717) is 12.4 Å². The number of rotatable bonds is 6. The summed E-state index contributed by atoms with van der Waals surface area (Å²) in [6, 6.07) is 10.1. The summed E-state index contributed by atoms with van der Waals surface area (Å²) in [6.45, 7) is 0.190. The topological polar surface area (TPSA) is 35.5 Å². The normalized spacial score (nSPS) is 10.4. The Morgan fingerprint density at radius 3 is 2.62 bits per heavy atom. The van der Waals surface area contributed by atoms with Gasteiger partial charge < -0.3 is 9.47 Å². The van der Waals surface area contributed by atoms with E-state index in [2.05, 4.69) is 0 Å². The van der Waals surface area contributed by atoms with E-state index in [9.17, 15) is 13.6 Å². The molecule has 0 saturated carbocycles. The zero-order chi connectivity index (χ0) is 15.2. The van der Waals surface area contributed by atoms with Crippen molar-refractivity contribution >= 4 is 5.78 Å². The van der Waals surface area contributed by atoms with Crippen LogP contribution >= 0.6 is 0 Å². The first-order chi connectivity index (χ1) is 10.1. The number of carbonyl (C=O) groups excluding carboxylic acids is 1. The Morgan fingerprint density at radius 2 is 1.90 bits per heavy atom. The van der Waals surface area contributed by atoms with Gasteiger partial charge in [-0.1, -0.05) is 12.1 Å². The van der Waals surface area contributed by atoms with Gasteiger partial charge in [-0.3, -0.25) is 4.79 Å². The van der Waals surface area contributed by atoms with Crippen LogP contribution in [-0.4, -0.2) is 19.5 Å². The van der Waals surface area contributed by atoms with Gasteiger partial charge in [-0.05, 0) is 35.9 Å². The average Bonchev–Trinajstić information content (AvgIpc) is 2.48. The van der Waals surface area contributed by atoms with E-state index in [1.165, 1.54) is 6.07 Å². The van der Waals surface area contributed by atoms with Crippen LogP contribution in [0.1, 0.15) is 15.9 Å². The van der Waals surface area contributed by atoms with Gasteiger partial charge in [-0.25, -0.2) is 8.78 Å². The third-order valence-electron chi connectivity index (χ3n) is 2.82. The molecule has 2 aromatic rings. The highest BCUT2D eigenvalue weighted by Crippen LogP contribution is 2.15. The number of ketones is 1.